The number of nitrogens with zero attached hydrogens (tertiary/aromatic N) is 4. The van der Waals surface area contributed by atoms with Crippen molar-refractivity contribution in [2.75, 3.05) is 0 Å². The quantitative estimate of drug-likeness (QED) is 0.458. The third kappa shape index (κ3) is 5.10. The van der Waals surface area contributed by atoms with Gasteiger partial charge in [-0.05, 0) is 54.5 Å². The van der Waals surface area contributed by atoms with Crippen molar-refractivity contribution in [3.05, 3.63) is 75.2 Å². The third-order valence-corrected chi connectivity index (χ3v) is 6.56. The SMILES string of the molecule is CC[C@@H]1CCc2sc(C(=O)N/N=C\C=C\c3cn(Cc4ccccc4)nn3)cc2C1. The van der Waals surface area contributed by atoms with Crippen molar-refractivity contribution in [3.8, 4) is 0 Å². The van der Waals surface area contributed by atoms with E-state index in [0.29, 0.717) is 6.54 Å². The van der Waals surface area contributed by atoms with Crippen molar-refractivity contribution in [3.63, 3.8) is 0 Å². The molecule has 0 saturated carbocycles. The molecule has 1 amide bonds. The van der Waals surface area contributed by atoms with Gasteiger partial charge in [0.1, 0.15) is 5.69 Å². The van der Waals surface area contributed by atoms with Gasteiger partial charge in [-0.15, -0.1) is 16.4 Å². The lowest BCUT2D eigenvalue weighted by Gasteiger charge is -2.19. The molecule has 7 heteroatoms. The molecule has 6 nitrogen and oxygen atoms in total. The number of fused-ring (bicyclic) bond motifs is 1. The van der Waals surface area contributed by atoms with E-state index in [1.54, 1.807) is 34.4 Å². The summed E-state index contributed by atoms with van der Waals surface area (Å²) in [6, 6.07) is 12.1. The van der Waals surface area contributed by atoms with E-state index in [0.717, 1.165) is 29.3 Å². The van der Waals surface area contributed by atoms with Gasteiger partial charge in [-0.3, -0.25) is 4.79 Å². The van der Waals surface area contributed by atoms with E-state index in [-0.39, 0.29) is 5.91 Å². The Morgan fingerprint density at radius 3 is 3.07 bits per heavy atom. The first-order valence-corrected chi connectivity index (χ1v) is 11.1. The minimum absolute atomic E-state index is 0.152. The predicted octanol–water partition coefficient (Wildman–Crippen LogP) is 4.33. The zero-order chi connectivity index (χ0) is 20.8. The number of rotatable bonds is 7. The van der Waals surface area contributed by atoms with Crippen LogP contribution in [0, 0.1) is 5.92 Å². The number of carbonyl (C=O) groups is 1. The lowest BCUT2D eigenvalue weighted by atomic mass is 9.87. The molecule has 0 saturated heterocycles. The fraction of sp³-hybridized carbons (Fsp3) is 0.304. The van der Waals surface area contributed by atoms with Gasteiger partial charge in [0.05, 0.1) is 17.6 Å². The van der Waals surface area contributed by atoms with Crippen molar-refractivity contribution < 1.29 is 4.79 Å². The lowest BCUT2D eigenvalue weighted by molar-refractivity contribution is 0.0959. The molecule has 0 aliphatic heterocycles. The number of nitrogens with one attached hydrogen (secondary N) is 1. The largest absolute Gasteiger partial charge is 0.281 e. The standard InChI is InChI=1S/C23H25N5OS/c1-2-17-10-11-21-19(13-17)14-22(30-21)23(29)26-24-12-6-9-20-16-28(27-25-20)15-18-7-4-3-5-8-18/h3-9,12,14,16-17H,2,10-11,13,15H2,1H3,(H,26,29)/b9-6+,24-12-/t17-/m1/s1. The molecule has 2 aromatic heterocycles. The number of benzene rings is 1. The smallest absolute Gasteiger partial charge is 0.266 e. The van der Waals surface area contributed by atoms with Crippen LogP contribution in [0.15, 0.2) is 53.8 Å². The average Bonchev–Trinajstić information content (AvgIpc) is 3.40. The van der Waals surface area contributed by atoms with Crippen LogP contribution in [0.4, 0.5) is 0 Å². The second kappa shape index (κ2) is 9.63. The summed E-state index contributed by atoms with van der Waals surface area (Å²) in [5, 5.41) is 12.3. The Hall–Kier alpha value is -3.06. The van der Waals surface area contributed by atoms with Gasteiger partial charge >= 0.3 is 0 Å². The molecule has 1 N–H and O–H groups in total. The summed E-state index contributed by atoms with van der Waals surface area (Å²) in [6.45, 7) is 2.91. The fourth-order valence-electron chi connectivity index (χ4n) is 3.63. The van der Waals surface area contributed by atoms with Gasteiger partial charge in [0.2, 0.25) is 0 Å². The van der Waals surface area contributed by atoms with E-state index in [4.69, 9.17) is 0 Å². The zero-order valence-electron chi connectivity index (χ0n) is 17.0. The number of carbonyl (C=O) groups excluding carboxylic acids is 1. The monoisotopic (exact) mass is 419 g/mol. The molecule has 1 aliphatic rings. The van der Waals surface area contributed by atoms with E-state index >= 15 is 0 Å². The molecule has 1 atom stereocenters. The van der Waals surface area contributed by atoms with Gasteiger partial charge in [-0.2, -0.15) is 5.10 Å². The summed E-state index contributed by atoms with van der Waals surface area (Å²) in [4.78, 5) is 14.5. The Bertz CT molecular complexity index is 1050. The van der Waals surface area contributed by atoms with Crippen LogP contribution < -0.4 is 5.43 Å². The molecule has 0 radical (unpaired) electrons. The predicted molar refractivity (Wildman–Crippen MR) is 121 cm³/mol. The first kappa shape index (κ1) is 20.2. The van der Waals surface area contributed by atoms with Crippen molar-refractivity contribution in [1.29, 1.82) is 0 Å². The van der Waals surface area contributed by atoms with E-state index in [1.807, 2.05) is 30.5 Å². The van der Waals surface area contributed by atoms with Crippen molar-refractivity contribution in [2.45, 2.75) is 39.2 Å². The highest BCUT2D eigenvalue weighted by Gasteiger charge is 2.21. The van der Waals surface area contributed by atoms with Gasteiger partial charge in [-0.1, -0.05) is 48.9 Å². The molecular formula is C23H25N5OS. The average molecular weight is 420 g/mol. The highest BCUT2D eigenvalue weighted by Crippen LogP contribution is 2.33. The van der Waals surface area contributed by atoms with Gasteiger partial charge in [0.25, 0.3) is 5.91 Å². The van der Waals surface area contributed by atoms with Crippen LogP contribution >= 0.6 is 11.3 Å². The number of amides is 1. The number of hydrogen-bond acceptors (Lipinski definition) is 5. The van der Waals surface area contributed by atoms with Crippen LogP contribution in [0.1, 0.15) is 51.1 Å². The van der Waals surface area contributed by atoms with Crippen molar-refractivity contribution in [1.82, 2.24) is 20.4 Å². The van der Waals surface area contributed by atoms with Crippen LogP contribution in [0.5, 0.6) is 0 Å². The first-order valence-electron chi connectivity index (χ1n) is 10.3. The second-order valence-electron chi connectivity index (χ2n) is 7.48. The maximum Gasteiger partial charge on any atom is 0.281 e. The van der Waals surface area contributed by atoms with E-state index in [9.17, 15) is 4.79 Å². The molecule has 0 spiro atoms. The summed E-state index contributed by atoms with van der Waals surface area (Å²) in [6.07, 6.45) is 11.6. The van der Waals surface area contributed by atoms with Gasteiger partial charge in [0.15, 0.2) is 0 Å². The van der Waals surface area contributed by atoms with Gasteiger partial charge in [0, 0.05) is 11.1 Å². The number of allylic oxidation sites excluding steroid dienone is 1. The maximum atomic E-state index is 12.4. The highest BCUT2D eigenvalue weighted by molar-refractivity contribution is 7.14. The zero-order valence-corrected chi connectivity index (χ0v) is 17.8. The first-order chi connectivity index (χ1) is 14.7. The Morgan fingerprint density at radius 2 is 2.23 bits per heavy atom. The number of aryl methyl sites for hydroxylation is 1. The highest BCUT2D eigenvalue weighted by atomic mass is 32.1. The number of hydrogen-bond donors (Lipinski definition) is 1. The van der Waals surface area contributed by atoms with Crippen molar-refractivity contribution >= 4 is 29.5 Å². The Labute approximate surface area is 180 Å². The topological polar surface area (TPSA) is 72.2 Å². The van der Waals surface area contributed by atoms with Gasteiger partial charge in [-0.25, -0.2) is 10.1 Å². The van der Waals surface area contributed by atoms with Crippen LogP contribution in [-0.4, -0.2) is 27.1 Å². The molecule has 30 heavy (non-hydrogen) atoms. The Balaban J connectivity index is 1.28. The molecule has 4 rings (SSSR count). The van der Waals surface area contributed by atoms with Crippen LogP contribution in [0.25, 0.3) is 6.08 Å². The summed E-state index contributed by atoms with van der Waals surface area (Å²) >= 11 is 1.60. The molecule has 0 fully saturated rings. The molecular weight excluding hydrogens is 394 g/mol. The summed E-state index contributed by atoms with van der Waals surface area (Å²) in [5.41, 5.74) is 5.85. The molecule has 154 valence electrons. The normalized spacial score (nSPS) is 16.2. The van der Waals surface area contributed by atoms with Crippen molar-refractivity contribution in [2.24, 2.45) is 11.0 Å². The lowest BCUT2D eigenvalue weighted by Crippen LogP contribution is -2.15. The summed E-state index contributed by atoms with van der Waals surface area (Å²) < 4.78 is 1.79. The van der Waals surface area contributed by atoms with Crippen LogP contribution in [0.3, 0.4) is 0 Å². The number of aromatic nitrogens is 3. The molecule has 1 aliphatic carbocycles. The Morgan fingerprint density at radius 1 is 1.37 bits per heavy atom. The minimum atomic E-state index is -0.152. The molecule has 0 unspecified atom stereocenters. The second-order valence-corrected chi connectivity index (χ2v) is 8.62. The molecule has 0 bridgehead atoms. The van der Waals surface area contributed by atoms with Crippen LogP contribution in [0.2, 0.25) is 0 Å². The van der Waals surface area contributed by atoms with Gasteiger partial charge < -0.3 is 0 Å². The van der Waals surface area contributed by atoms with E-state index < -0.39 is 0 Å². The molecule has 1 aromatic carbocycles. The minimum Gasteiger partial charge on any atom is -0.266 e. The summed E-state index contributed by atoms with van der Waals surface area (Å²) in [5.74, 6) is 0.595. The third-order valence-electron chi connectivity index (χ3n) is 5.32. The molecule has 2 heterocycles. The molecule has 3 aromatic rings. The van der Waals surface area contributed by atoms with E-state index in [2.05, 4.69) is 39.9 Å². The fourth-order valence-corrected chi connectivity index (χ4v) is 4.73. The maximum absolute atomic E-state index is 12.4. The van der Waals surface area contributed by atoms with E-state index in [1.165, 1.54) is 28.8 Å². The number of thiophene rings is 1. The van der Waals surface area contributed by atoms with Crippen LogP contribution in [-0.2, 0) is 19.4 Å². The summed E-state index contributed by atoms with van der Waals surface area (Å²) in [7, 11) is 0. The Kier molecular flexibility index (Phi) is 6.49. The number of hydrazone groups is 1.